The Hall–Kier alpha value is -1.10. The molecule has 0 aromatic heterocycles. The summed E-state index contributed by atoms with van der Waals surface area (Å²) in [5.74, 6) is -0.0252. The zero-order valence-electron chi connectivity index (χ0n) is 10.2. The average molecular weight is 229 g/mol. The Kier molecular flexibility index (Phi) is 8.52. The van der Waals surface area contributed by atoms with Gasteiger partial charge in [-0.15, -0.1) is 0 Å². The summed E-state index contributed by atoms with van der Waals surface area (Å²) in [6.07, 6.45) is 2.30. The Morgan fingerprint density at radius 1 is 1.25 bits per heavy atom. The summed E-state index contributed by atoms with van der Waals surface area (Å²) >= 11 is 0. The largest absolute Gasteiger partial charge is 0.356 e. The lowest BCUT2D eigenvalue weighted by Crippen LogP contribution is -2.37. The second-order valence-electron chi connectivity index (χ2n) is 3.91. The van der Waals surface area contributed by atoms with E-state index in [0.717, 1.165) is 6.42 Å². The van der Waals surface area contributed by atoms with Gasteiger partial charge in [0.2, 0.25) is 11.8 Å². The van der Waals surface area contributed by atoms with Gasteiger partial charge < -0.3 is 16.4 Å². The van der Waals surface area contributed by atoms with E-state index in [4.69, 9.17) is 5.73 Å². The van der Waals surface area contributed by atoms with Crippen molar-refractivity contribution in [1.29, 1.82) is 0 Å². The molecule has 5 nitrogen and oxygen atoms in total. The van der Waals surface area contributed by atoms with Gasteiger partial charge in [0.25, 0.3) is 0 Å². The molecular formula is C11H23N3O2. The fourth-order valence-electron chi connectivity index (χ4n) is 1.17. The van der Waals surface area contributed by atoms with Gasteiger partial charge >= 0.3 is 0 Å². The third-order valence-corrected chi connectivity index (χ3v) is 2.14. The summed E-state index contributed by atoms with van der Waals surface area (Å²) in [6.45, 7) is 4.99. The summed E-state index contributed by atoms with van der Waals surface area (Å²) in [5, 5.41) is 5.52. The molecule has 4 N–H and O–H groups in total. The number of nitrogens with two attached hydrogens (primary N) is 1. The molecule has 16 heavy (non-hydrogen) atoms. The van der Waals surface area contributed by atoms with E-state index in [1.54, 1.807) is 0 Å². The smallest absolute Gasteiger partial charge is 0.220 e. The van der Waals surface area contributed by atoms with E-state index >= 15 is 0 Å². The van der Waals surface area contributed by atoms with Gasteiger partial charge in [-0.05, 0) is 19.8 Å². The van der Waals surface area contributed by atoms with Crippen LogP contribution >= 0.6 is 0 Å². The fraction of sp³-hybridized carbons (Fsp3) is 0.818. The second-order valence-corrected chi connectivity index (χ2v) is 3.91. The monoisotopic (exact) mass is 229 g/mol. The highest BCUT2D eigenvalue weighted by Gasteiger charge is 2.06. The first-order chi connectivity index (χ1) is 7.60. The fourth-order valence-corrected chi connectivity index (χ4v) is 1.17. The van der Waals surface area contributed by atoms with E-state index in [0.29, 0.717) is 32.4 Å². The Morgan fingerprint density at radius 2 is 1.88 bits per heavy atom. The van der Waals surface area contributed by atoms with Gasteiger partial charge in [0.1, 0.15) is 0 Å². The van der Waals surface area contributed by atoms with Gasteiger partial charge in [-0.2, -0.15) is 0 Å². The van der Waals surface area contributed by atoms with Crippen LogP contribution in [0.2, 0.25) is 0 Å². The molecule has 0 saturated heterocycles. The normalized spacial score (nSPS) is 11.9. The van der Waals surface area contributed by atoms with Gasteiger partial charge in [0.05, 0.1) is 0 Å². The predicted molar refractivity (Wildman–Crippen MR) is 63.8 cm³/mol. The van der Waals surface area contributed by atoms with Crippen LogP contribution in [0.5, 0.6) is 0 Å². The van der Waals surface area contributed by atoms with Crippen LogP contribution in [0.4, 0.5) is 0 Å². The topological polar surface area (TPSA) is 84.2 Å². The molecule has 0 radical (unpaired) electrons. The zero-order chi connectivity index (χ0) is 12.4. The lowest BCUT2D eigenvalue weighted by atomic mass is 10.2. The third-order valence-electron chi connectivity index (χ3n) is 2.14. The quantitative estimate of drug-likeness (QED) is 0.554. The molecule has 0 bridgehead atoms. The Bertz CT molecular complexity index is 219. The highest BCUT2D eigenvalue weighted by atomic mass is 16.2. The number of amides is 2. The van der Waals surface area contributed by atoms with Gasteiger partial charge in [-0.25, -0.2) is 0 Å². The highest BCUT2D eigenvalue weighted by Crippen LogP contribution is 1.96. The summed E-state index contributed by atoms with van der Waals surface area (Å²) in [5.41, 5.74) is 5.37. The van der Waals surface area contributed by atoms with Gasteiger partial charge in [-0.3, -0.25) is 9.59 Å². The molecule has 0 aromatic rings. The van der Waals surface area contributed by atoms with E-state index in [2.05, 4.69) is 10.6 Å². The van der Waals surface area contributed by atoms with Crippen molar-refractivity contribution in [3.8, 4) is 0 Å². The summed E-state index contributed by atoms with van der Waals surface area (Å²) in [7, 11) is 0. The van der Waals surface area contributed by atoms with E-state index in [1.807, 2.05) is 13.8 Å². The molecule has 0 aromatic carbocycles. The highest BCUT2D eigenvalue weighted by molar-refractivity contribution is 5.78. The van der Waals surface area contributed by atoms with Crippen molar-refractivity contribution < 1.29 is 9.59 Å². The molecule has 0 aliphatic rings. The molecule has 0 aliphatic carbocycles. The van der Waals surface area contributed by atoms with Crippen molar-refractivity contribution in [1.82, 2.24) is 10.6 Å². The maximum absolute atomic E-state index is 11.3. The molecule has 0 unspecified atom stereocenters. The number of rotatable bonds is 8. The molecule has 94 valence electrons. The van der Waals surface area contributed by atoms with Gasteiger partial charge in [0, 0.05) is 32.0 Å². The van der Waals surface area contributed by atoms with Crippen LogP contribution < -0.4 is 16.4 Å². The lowest BCUT2D eigenvalue weighted by molar-refractivity contribution is -0.122. The maximum atomic E-state index is 11.3. The minimum atomic E-state index is -0.0405. The van der Waals surface area contributed by atoms with Crippen LogP contribution in [-0.2, 0) is 9.59 Å². The van der Waals surface area contributed by atoms with E-state index in [1.165, 1.54) is 0 Å². The van der Waals surface area contributed by atoms with Crippen molar-refractivity contribution >= 4 is 11.8 Å². The molecule has 1 atom stereocenters. The first-order valence-electron chi connectivity index (χ1n) is 5.86. The molecule has 0 heterocycles. The summed E-state index contributed by atoms with van der Waals surface area (Å²) in [4.78, 5) is 22.5. The number of carbonyl (C=O) groups excluding carboxylic acids is 2. The lowest BCUT2D eigenvalue weighted by Gasteiger charge is -2.10. The van der Waals surface area contributed by atoms with Crippen LogP contribution in [0.3, 0.4) is 0 Å². The van der Waals surface area contributed by atoms with Crippen LogP contribution in [0, 0.1) is 0 Å². The molecule has 2 amide bonds. The summed E-state index contributed by atoms with van der Waals surface area (Å²) in [6, 6.07) is 0.00131. The molecule has 0 saturated carbocycles. The van der Waals surface area contributed by atoms with Crippen molar-refractivity contribution in [3.05, 3.63) is 0 Å². The van der Waals surface area contributed by atoms with Crippen molar-refractivity contribution in [2.75, 3.05) is 13.1 Å². The zero-order valence-corrected chi connectivity index (χ0v) is 10.2. The number of hydrogen-bond acceptors (Lipinski definition) is 3. The Balaban J connectivity index is 3.50. The number of nitrogens with one attached hydrogen (secondary N) is 2. The molecular weight excluding hydrogens is 206 g/mol. The van der Waals surface area contributed by atoms with Gasteiger partial charge in [-0.1, -0.05) is 6.92 Å². The standard InChI is InChI=1S/C11H23N3O2/c1-3-7-13-10(15)5-4-6-11(16)14-9(2)8-12/h9H,3-8,12H2,1-2H3,(H,13,15)(H,14,16)/t9-/m0/s1. The van der Waals surface area contributed by atoms with Crippen molar-refractivity contribution in [2.45, 2.75) is 45.6 Å². The van der Waals surface area contributed by atoms with Crippen molar-refractivity contribution in [3.63, 3.8) is 0 Å². The Morgan fingerprint density at radius 3 is 2.44 bits per heavy atom. The first-order valence-corrected chi connectivity index (χ1v) is 5.86. The molecule has 0 aliphatic heterocycles. The second kappa shape index (κ2) is 9.15. The number of carbonyl (C=O) groups is 2. The minimum absolute atomic E-state index is 0.00131. The van der Waals surface area contributed by atoms with E-state index < -0.39 is 0 Å². The SMILES string of the molecule is CCCNC(=O)CCCC(=O)N[C@@H](C)CN. The number of hydrogen-bond donors (Lipinski definition) is 3. The van der Waals surface area contributed by atoms with Crippen LogP contribution in [0.25, 0.3) is 0 Å². The average Bonchev–Trinajstić information content (AvgIpc) is 2.26. The van der Waals surface area contributed by atoms with Gasteiger partial charge in [0.15, 0.2) is 0 Å². The van der Waals surface area contributed by atoms with E-state index in [9.17, 15) is 9.59 Å². The summed E-state index contributed by atoms with van der Waals surface area (Å²) < 4.78 is 0. The minimum Gasteiger partial charge on any atom is -0.356 e. The first kappa shape index (κ1) is 14.9. The Labute approximate surface area is 97.2 Å². The predicted octanol–water partition coefficient (Wildman–Crippen LogP) is 0.146. The van der Waals surface area contributed by atoms with Crippen LogP contribution in [0.1, 0.15) is 39.5 Å². The molecule has 0 spiro atoms. The van der Waals surface area contributed by atoms with Crippen LogP contribution in [0.15, 0.2) is 0 Å². The third kappa shape index (κ3) is 8.23. The molecule has 0 fully saturated rings. The van der Waals surface area contributed by atoms with E-state index in [-0.39, 0.29) is 17.9 Å². The molecule has 0 rings (SSSR count). The molecule has 5 heteroatoms. The van der Waals surface area contributed by atoms with Crippen molar-refractivity contribution in [2.24, 2.45) is 5.73 Å². The van der Waals surface area contributed by atoms with Crippen LogP contribution in [-0.4, -0.2) is 30.9 Å². The maximum Gasteiger partial charge on any atom is 0.220 e.